The van der Waals surface area contributed by atoms with Crippen molar-refractivity contribution in [2.75, 3.05) is 18.5 Å². The minimum Gasteiger partial charge on any atom is -0.381 e. The molecule has 94 valence electrons. The van der Waals surface area contributed by atoms with Crippen molar-refractivity contribution < 1.29 is 4.74 Å². The number of hydrogen-bond donors (Lipinski definition) is 0. The maximum absolute atomic E-state index is 5.61. The molecule has 0 radical (unpaired) electrons. The summed E-state index contributed by atoms with van der Waals surface area (Å²) in [7, 11) is 0. The molecule has 0 bridgehead atoms. The fraction of sp³-hybridized carbons (Fsp3) is 0.375. The minimum atomic E-state index is 0.282. The van der Waals surface area contributed by atoms with Crippen molar-refractivity contribution in [2.45, 2.75) is 12.8 Å². The molecule has 1 aliphatic heterocycles. The maximum Gasteiger partial charge on any atom is 0.0534 e. The molecule has 0 spiro atoms. The van der Waals surface area contributed by atoms with Crippen molar-refractivity contribution in [2.24, 2.45) is 5.41 Å². The van der Waals surface area contributed by atoms with E-state index in [1.807, 2.05) is 0 Å². The lowest BCUT2D eigenvalue weighted by Crippen LogP contribution is -2.25. The second-order valence-corrected chi connectivity index (χ2v) is 5.81. The van der Waals surface area contributed by atoms with Crippen molar-refractivity contribution >= 4 is 26.7 Å². The van der Waals surface area contributed by atoms with E-state index in [1.165, 1.54) is 16.3 Å². The van der Waals surface area contributed by atoms with Crippen LogP contribution in [0.2, 0.25) is 0 Å². The second kappa shape index (κ2) is 5.02. The molecule has 2 aromatic carbocycles. The number of hydrogen-bond acceptors (Lipinski definition) is 1. The van der Waals surface area contributed by atoms with Gasteiger partial charge in [0.1, 0.15) is 0 Å². The molecule has 3 rings (SSSR count). The first-order chi connectivity index (χ1) is 8.83. The lowest BCUT2D eigenvalue weighted by atomic mass is 9.82. The Morgan fingerprint density at radius 3 is 2.72 bits per heavy atom. The van der Waals surface area contributed by atoms with E-state index >= 15 is 0 Å². The molecule has 2 heteroatoms. The topological polar surface area (TPSA) is 9.23 Å². The summed E-state index contributed by atoms with van der Waals surface area (Å²) >= 11 is 3.67. The Hall–Kier alpha value is -0.860. The van der Waals surface area contributed by atoms with Crippen LogP contribution in [0.25, 0.3) is 10.8 Å². The number of ether oxygens (including phenoxy) is 1. The molecule has 1 nitrogen and oxygen atoms in total. The van der Waals surface area contributed by atoms with E-state index in [2.05, 4.69) is 58.4 Å². The Balaban J connectivity index is 1.99. The summed E-state index contributed by atoms with van der Waals surface area (Å²) in [6.45, 7) is 1.78. The quantitative estimate of drug-likeness (QED) is 0.773. The van der Waals surface area contributed by atoms with Gasteiger partial charge in [-0.15, -0.1) is 0 Å². The molecule has 0 saturated carbocycles. The molecule has 0 N–H and O–H groups in total. The van der Waals surface area contributed by atoms with Gasteiger partial charge in [-0.2, -0.15) is 0 Å². The van der Waals surface area contributed by atoms with E-state index in [4.69, 9.17) is 4.74 Å². The molecule has 1 heterocycles. The summed E-state index contributed by atoms with van der Waals surface area (Å²) in [6.07, 6.45) is 2.25. The molecule has 1 atom stereocenters. The molecule has 1 unspecified atom stereocenters. The Bertz CT molecular complexity index is 538. The van der Waals surface area contributed by atoms with Crippen LogP contribution >= 0.6 is 15.9 Å². The molecule has 2 aromatic rings. The zero-order valence-electron chi connectivity index (χ0n) is 10.4. The number of fused-ring (bicyclic) bond motifs is 1. The number of rotatable bonds is 3. The van der Waals surface area contributed by atoms with Crippen LogP contribution in [0.5, 0.6) is 0 Å². The molecule has 0 amide bonds. The van der Waals surface area contributed by atoms with Crippen molar-refractivity contribution in [3.8, 4) is 0 Å². The molecule has 1 saturated heterocycles. The van der Waals surface area contributed by atoms with E-state index in [9.17, 15) is 0 Å². The van der Waals surface area contributed by atoms with Crippen LogP contribution < -0.4 is 0 Å². The van der Waals surface area contributed by atoms with Gasteiger partial charge in [0.25, 0.3) is 0 Å². The summed E-state index contributed by atoms with van der Waals surface area (Å²) in [5.74, 6) is 0. The molecule has 0 aliphatic carbocycles. The summed E-state index contributed by atoms with van der Waals surface area (Å²) in [4.78, 5) is 0. The Morgan fingerprint density at radius 1 is 1.11 bits per heavy atom. The average Bonchev–Trinajstić information content (AvgIpc) is 2.88. The largest absolute Gasteiger partial charge is 0.381 e. The van der Waals surface area contributed by atoms with Gasteiger partial charge in [-0.3, -0.25) is 0 Å². The van der Waals surface area contributed by atoms with Crippen molar-refractivity contribution in [1.29, 1.82) is 0 Å². The zero-order valence-corrected chi connectivity index (χ0v) is 11.9. The van der Waals surface area contributed by atoms with E-state index in [0.717, 1.165) is 31.4 Å². The van der Waals surface area contributed by atoms with Gasteiger partial charge in [0.05, 0.1) is 6.61 Å². The predicted octanol–water partition coefficient (Wildman–Crippen LogP) is 4.18. The molecule has 18 heavy (non-hydrogen) atoms. The SMILES string of the molecule is BrCC1(Cc2cccc3ccccc23)CCOC1. The Morgan fingerprint density at radius 2 is 1.94 bits per heavy atom. The normalized spacial score (nSPS) is 23.6. The summed E-state index contributed by atoms with van der Waals surface area (Å²) < 4.78 is 5.61. The van der Waals surface area contributed by atoms with Gasteiger partial charge in [-0.25, -0.2) is 0 Å². The standard InChI is InChI=1S/C16H17BrO/c17-11-16(8-9-18-12-16)10-14-6-3-5-13-4-1-2-7-15(13)14/h1-7H,8-12H2. The Labute approximate surface area is 116 Å². The van der Waals surface area contributed by atoms with Gasteiger partial charge in [0, 0.05) is 17.4 Å². The molecule has 0 aromatic heterocycles. The zero-order chi connectivity index (χ0) is 12.4. The number of benzene rings is 2. The van der Waals surface area contributed by atoms with Crippen LogP contribution in [-0.4, -0.2) is 18.5 Å². The lowest BCUT2D eigenvalue weighted by molar-refractivity contribution is 0.162. The highest BCUT2D eigenvalue weighted by Crippen LogP contribution is 2.36. The number of alkyl halides is 1. The molecular formula is C16H17BrO. The van der Waals surface area contributed by atoms with Crippen LogP contribution in [0.1, 0.15) is 12.0 Å². The monoisotopic (exact) mass is 304 g/mol. The van der Waals surface area contributed by atoms with Crippen molar-refractivity contribution in [3.05, 3.63) is 48.0 Å². The highest BCUT2D eigenvalue weighted by Gasteiger charge is 2.34. The molecular weight excluding hydrogens is 288 g/mol. The van der Waals surface area contributed by atoms with Crippen LogP contribution in [0.3, 0.4) is 0 Å². The smallest absolute Gasteiger partial charge is 0.0534 e. The highest BCUT2D eigenvalue weighted by atomic mass is 79.9. The third kappa shape index (κ3) is 2.19. The van der Waals surface area contributed by atoms with Gasteiger partial charge in [0.15, 0.2) is 0 Å². The highest BCUT2D eigenvalue weighted by molar-refractivity contribution is 9.09. The summed E-state index contributed by atoms with van der Waals surface area (Å²) in [5, 5.41) is 3.73. The second-order valence-electron chi connectivity index (χ2n) is 5.25. The van der Waals surface area contributed by atoms with E-state index in [1.54, 1.807) is 0 Å². The first kappa shape index (κ1) is 12.2. The maximum atomic E-state index is 5.61. The lowest BCUT2D eigenvalue weighted by Gasteiger charge is -2.25. The fourth-order valence-corrected chi connectivity index (χ4v) is 3.43. The van der Waals surface area contributed by atoms with Gasteiger partial charge in [-0.05, 0) is 29.2 Å². The van der Waals surface area contributed by atoms with Gasteiger partial charge >= 0.3 is 0 Å². The Kier molecular flexibility index (Phi) is 3.40. The van der Waals surface area contributed by atoms with E-state index in [-0.39, 0.29) is 5.41 Å². The van der Waals surface area contributed by atoms with Crippen LogP contribution in [0.4, 0.5) is 0 Å². The fourth-order valence-electron chi connectivity index (χ4n) is 2.79. The van der Waals surface area contributed by atoms with E-state index < -0.39 is 0 Å². The van der Waals surface area contributed by atoms with Gasteiger partial charge < -0.3 is 4.74 Å². The average molecular weight is 305 g/mol. The van der Waals surface area contributed by atoms with Gasteiger partial charge in [0.2, 0.25) is 0 Å². The van der Waals surface area contributed by atoms with Crippen molar-refractivity contribution in [1.82, 2.24) is 0 Å². The van der Waals surface area contributed by atoms with Crippen LogP contribution in [0.15, 0.2) is 42.5 Å². The minimum absolute atomic E-state index is 0.282. The van der Waals surface area contributed by atoms with E-state index in [0.29, 0.717) is 0 Å². The van der Waals surface area contributed by atoms with Crippen LogP contribution in [0, 0.1) is 5.41 Å². The molecule has 1 aliphatic rings. The first-order valence-electron chi connectivity index (χ1n) is 6.43. The van der Waals surface area contributed by atoms with Gasteiger partial charge in [-0.1, -0.05) is 58.4 Å². The van der Waals surface area contributed by atoms with Crippen molar-refractivity contribution in [3.63, 3.8) is 0 Å². The first-order valence-corrected chi connectivity index (χ1v) is 7.56. The number of halogens is 1. The summed E-state index contributed by atoms with van der Waals surface area (Å²) in [5.41, 5.74) is 1.72. The third-order valence-electron chi connectivity index (χ3n) is 3.91. The third-order valence-corrected chi connectivity index (χ3v) is 5.10. The van der Waals surface area contributed by atoms with Crippen LogP contribution in [-0.2, 0) is 11.2 Å². The summed E-state index contributed by atoms with van der Waals surface area (Å²) in [6, 6.07) is 15.2. The predicted molar refractivity (Wildman–Crippen MR) is 79.3 cm³/mol. The molecule has 1 fully saturated rings.